The lowest BCUT2D eigenvalue weighted by Crippen LogP contribution is -2.26. The smallest absolute Gasteiger partial charge is 0.265 e. The number of anilines is 2. The number of nitrogens with one attached hydrogen (secondary N) is 2. The number of thiazole rings is 1. The van der Waals surface area contributed by atoms with Gasteiger partial charge in [0.25, 0.3) is 5.91 Å². The Hall–Kier alpha value is -1.79. The molecular weight excluding hydrogens is 308 g/mol. The Morgan fingerprint density at radius 2 is 2.19 bits per heavy atom. The largest absolute Gasteiger partial charge is 0.382 e. The number of rotatable bonds is 5. The van der Waals surface area contributed by atoms with E-state index < -0.39 is 0 Å². The van der Waals surface area contributed by atoms with Crippen molar-refractivity contribution in [1.29, 1.82) is 0 Å². The van der Waals surface area contributed by atoms with Crippen LogP contribution >= 0.6 is 22.9 Å². The van der Waals surface area contributed by atoms with E-state index >= 15 is 0 Å². The van der Waals surface area contributed by atoms with E-state index in [0.717, 1.165) is 12.1 Å². The highest BCUT2D eigenvalue weighted by Gasteiger charge is 2.19. The van der Waals surface area contributed by atoms with Crippen LogP contribution in [0.5, 0.6) is 0 Å². The zero-order valence-electron chi connectivity index (χ0n) is 11.8. The van der Waals surface area contributed by atoms with Gasteiger partial charge >= 0.3 is 0 Å². The molecule has 0 spiro atoms. The zero-order chi connectivity index (χ0) is 15.4. The molecule has 7 heteroatoms. The minimum atomic E-state index is -0.249. The van der Waals surface area contributed by atoms with Crippen LogP contribution in [0.15, 0.2) is 24.3 Å². The highest BCUT2D eigenvalue weighted by Crippen LogP contribution is 2.27. The van der Waals surface area contributed by atoms with E-state index in [1.54, 1.807) is 6.07 Å². The predicted octanol–water partition coefficient (Wildman–Crippen LogP) is 3.30. The number of carbonyl (C=O) groups excluding carboxylic acids is 1. The van der Waals surface area contributed by atoms with Crippen molar-refractivity contribution in [1.82, 2.24) is 10.3 Å². The summed E-state index contributed by atoms with van der Waals surface area (Å²) in [6, 6.07) is 7.20. The Kier molecular flexibility index (Phi) is 5.03. The number of benzene rings is 1. The van der Waals surface area contributed by atoms with Crippen LogP contribution in [0.3, 0.4) is 0 Å². The predicted molar refractivity (Wildman–Crippen MR) is 88.0 cm³/mol. The minimum absolute atomic E-state index is 0.213. The van der Waals surface area contributed by atoms with Gasteiger partial charge in [-0.05, 0) is 25.5 Å². The Morgan fingerprint density at radius 3 is 2.86 bits per heavy atom. The molecule has 0 aliphatic carbocycles. The summed E-state index contributed by atoms with van der Waals surface area (Å²) < 4.78 is 0. The normalized spacial score (nSPS) is 12.0. The van der Waals surface area contributed by atoms with E-state index in [2.05, 4.69) is 15.6 Å². The van der Waals surface area contributed by atoms with Gasteiger partial charge in [-0.15, -0.1) is 0 Å². The second kappa shape index (κ2) is 6.78. The number of hydrogen-bond donors (Lipinski definition) is 3. The number of hydrogen-bond acceptors (Lipinski definition) is 5. The molecule has 1 aromatic carbocycles. The second-order valence-corrected chi connectivity index (χ2v) is 5.89. The number of nitrogens with zero attached hydrogens (tertiary/aromatic N) is 1. The first-order valence-electron chi connectivity index (χ1n) is 6.58. The first-order chi connectivity index (χ1) is 10.0. The molecule has 21 heavy (non-hydrogen) atoms. The molecule has 0 bridgehead atoms. The number of aromatic nitrogens is 1. The van der Waals surface area contributed by atoms with E-state index in [1.807, 2.05) is 32.0 Å². The molecule has 1 aromatic heterocycles. The molecule has 0 saturated carbocycles. The maximum atomic E-state index is 12.3. The van der Waals surface area contributed by atoms with E-state index in [0.29, 0.717) is 15.0 Å². The summed E-state index contributed by atoms with van der Waals surface area (Å²) in [6.07, 6.45) is 0. The molecule has 112 valence electrons. The van der Waals surface area contributed by atoms with Crippen LogP contribution in [0.1, 0.15) is 35.1 Å². The highest BCUT2D eigenvalue weighted by molar-refractivity contribution is 7.18. The van der Waals surface area contributed by atoms with Crippen molar-refractivity contribution in [3.63, 3.8) is 0 Å². The zero-order valence-corrected chi connectivity index (χ0v) is 13.4. The first kappa shape index (κ1) is 15.6. The molecule has 0 aliphatic rings. The molecular formula is C14H17ClN4OS. The fraction of sp³-hybridized carbons (Fsp3) is 0.286. The van der Waals surface area contributed by atoms with Gasteiger partial charge in [-0.2, -0.15) is 0 Å². The summed E-state index contributed by atoms with van der Waals surface area (Å²) in [5.41, 5.74) is 6.65. The highest BCUT2D eigenvalue weighted by atomic mass is 35.5. The van der Waals surface area contributed by atoms with E-state index in [4.69, 9.17) is 17.3 Å². The van der Waals surface area contributed by atoms with Crippen LogP contribution in [0.2, 0.25) is 5.02 Å². The number of amides is 1. The van der Waals surface area contributed by atoms with Crippen LogP contribution in [0.25, 0.3) is 0 Å². The van der Waals surface area contributed by atoms with Crippen LogP contribution in [0, 0.1) is 0 Å². The van der Waals surface area contributed by atoms with Crippen molar-refractivity contribution in [2.45, 2.75) is 19.9 Å². The van der Waals surface area contributed by atoms with Crippen molar-refractivity contribution < 1.29 is 4.79 Å². The molecule has 0 radical (unpaired) electrons. The lowest BCUT2D eigenvalue weighted by atomic mass is 10.1. The minimum Gasteiger partial charge on any atom is -0.382 e. The Labute approximate surface area is 132 Å². The maximum absolute atomic E-state index is 12.3. The van der Waals surface area contributed by atoms with Crippen LogP contribution in [0.4, 0.5) is 10.9 Å². The molecule has 0 aliphatic heterocycles. The summed E-state index contributed by atoms with van der Waals surface area (Å²) in [7, 11) is 0. The Balaban J connectivity index is 2.12. The molecule has 1 heterocycles. The molecule has 0 saturated heterocycles. The average molecular weight is 325 g/mol. The quantitative estimate of drug-likeness (QED) is 0.788. The van der Waals surface area contributed by atoms with Crippen molar-refractivity contribution in [2.24, 2.45) is 0 Å². The van der Waals surface area contributed by atoms with Gasteiger partial charge < -0.3 is 16.4 Å². The van der Waals surface area contributed by atoms with E-state index in [9.17, 15) is 4.79 Å². The third-order valence-electron chi connectivity index (χ3n) is 2.91. The summed E-state index contributed by atoms with van der Waals surface area (Å²) in [5, 5.41) is 7.20. The molecule has 5 nitrogen and oxygen atoms in total. The van der Waals surface area contributed by atoms with Crippen molar-refractivity contribution >= 4 is 39.8 Å². The van der Waals surface area contributed by atoms with Gasteiger partial charge in [-0.3, -0.25) is 4.79 Å². The van der Waals surface area contributed by atoms with Crippen molar-refractivity contribution in [3.05, 3.63) is 39.7 Å². The molecule has 0 fully saturated rings. The van der Waals surface area contributed by atoms with Gasteiger partial charge in [0.05, 0.1) is 6.04 Å². The van der Waals surface area contributed by atoms with E-state index in [1.165, 1.54) is 11.3 Å². The molecule has 2 aromatic rings. The van der Waals surface area contributed by atoms with Gasteiger partial charge in [-0.25, -0.2) is 4.98 Å². The van der Waals surface area contributed by atoms with Crippen molar-refractivity contribution in [3.8, 4) is 0 Å². The van der Waals surface area contributed by atoms with Crippen molar-refractivity contribution in [2.75, 3.05) is 17.6 Å². The van der Waals surface area contributed by atoms with Crippen LogP contribution in [-0.4, -0.2) is 17.4 Å². The summed E-state index contributed by atoms with van der Waals surface area (Å²) in [6.45, 7) is 4.56. The fourth-order valence-electron chi connectivity index (χ4n) is 1.89. The van der Waals surface area contributed by atoms with Crippen LogP contribution in [-0.2, 0) is 0 Å². The molecule has 1 atom stereocenters. The van der Waals surface area contributed by atoms with Gasteiger partial charge in [-0.1, -0.05) is 41.1 Å². The van der Waals surface area contributed by atoms with E-state index in [-0.39, 0.29) is 17.8 Å². The SMILES string of the molecule is CCNc1nc(N)c(C(=O)NC(C)c2ccccc2Cl)s1. The summed E-state index contributed by atoms with van der Waals surface area (Å²) >= 11 is 7.37. The fourth-order valence-corrected chi connectivity index (χ4v) is 3.04. The third kappa shape index (κ3) is 3.65. The number of nitrogen functional groups attached to an aromatic ring is 1. The standard InChI is InChI=1S/C14H17ClN4OS/c1-3-17-14-19-12(16)11(21-14)13(20)18-8(2)9-6-4-5-7-10(9)15/h4-8H,3,16H2,1-2H3,(H,17,19)(H,18,20). The monoisotopic (exact) mass is 324 g/mol. The van der Waals surface area contributed by atoms with Gasteiger partial charge in [0.1, 0.15) is 10.7 Å². The number of halogens is 1. The third-order valence-corrected chi connectivity index (χ3v) is 4.28. The van der Waals surface area contributed by atoms with Gasteiger partial charge in [0.15, 0.2) is 5.13 Å². The average Bonchev–Trinajstić information content (AvgIpc) is 2.80. The van der Waals surface area contributed by atoms with Crippen LogP contribution < -0.4 is 16.4 Å². The summed E-state index contributed by atoms with van der Waals surface area (Å²) in [4.78, 5) is 16.8. The number of nitrogens with two attached hydrogens (primary N) is 1. The lowest BCUT2D eigenvalue weighted by Gasteiger charge is -2.15. The Bertz CT molecular complexity index is 644. The lowest BCUT2D eigenvalue weighted by molar-refractivity contribution is 0.0944. The Morgan fingerprint density at radius 1 is 1.48 bits per heavy atom. The molecule has 2 rings (SSSR count). The molecule has 1 amide bonds. The van der Waals surface area contributed by atoms with Gasteiger partial charge in [0.2, 0.25) is 0 Å². The van der Waals surface area contributed by atoms with Gasteiger partial charge in [0, 0.05) is 11.6 Å². The maximum Gasteiger partial charge on any atom is 0.265 e. The topological polar surface area (TPSA) is 80.0 Å². The number of carbonyl (C=O) groups is 1. The molecule has 4 N–H and O–H groups in total. The summed E-state index contributed by atoms with van der Waals surface area (Å²) in [5.74, 6) is -0.0126. The second-order valence-electron chi connectivity index (χ2n) is 4.48. The molecule has 1 unspecified atom stereocenters. The first-order valence-corrected chi connectivity index (χ1v) is 7.77.